The van der Waals surface area contributed by atoms with Gasteiger partial charge in [0.15, 0.2) is 0 Å². The van der Waals surface area contributed by atoms with E-state index in [1.165, 1.54) is 24.9 Å². The van der Waals surface area contributed by atoms with Crippen LogP contribution in [0.5, 0.6) is 0 Å². The minimum atomic E-state index is 0.720. The zero-order chi connectivity index (χ0) is 15.6. The molecule has 0 aromatic heterocycles. The van der Waals surface area contributed by atoms with Gasteiger partial charge in [-0.3, -0.25) is 4.90 Å². The van der Waals surface area contributed by atoms with Gasteiger partial charge >= 0.3 is 0 Å². The average molecular weight is 327 g/mol. The first-order chi connectivity index (χ1) is 11.3. The summed E-state index contributed by atoms with van der Waals surface area (Å²) in [5.74, 6) is 0. The Morgan fingerprint density at radius 3 is 2.26 bits per heavy atom. The Morgan fingerprint density at radius 1 is 0.826 bits per heavy atom. The molecule has 1 saturated heterocycles. The van der Waals surface area contributed by atoms with Crippen molar-refractivity contribution in [1.29, 1.82) is 0 Å². The molecule has 2 nitrogen and oxygen atoms in total. The third kappa shape index (κ3) is 3.24. The third-order valence-electron chi connectivity index (χ3n) is 5.34. The number of benzene rings is 2. The van der Waals surface area contributed by atoms with E-state index in [2.05, 4.69) is 46.2 Å². The molecule has 1 fully saturated rings. The van der Waals surface area contributed by atoms with E-state index >= 15 is 0 Å². The predicted molar refractivity (Wildman–Crippen MR) is 97.5 cm³/mol. The molecule has 1 atom stereocenters. The Bertz CT molecular complexity index is 660. The zero-order valence-electron chi connectivity index (χ0n) is 13.4. The number of aryl methyl sites for hydroxylation is 1. The molecular weight excluding hydrogens is 304 g/mol. The molecule has 1 aliphatic carbocycles. The van der Waals surface area contributed by atoms with Crippen LogP contribution < -0.4 is 4.90 Å². The van der Waals surface area contributed by atoms with Crippen molar-refractivity contribution in [1.82, 2.24) is 4.90 Å². The number of piperazine rings is 1. The van der Waals surface area contributed by atoms with E-state index in [0.29, 0.717) is 0 Å². The number of anilines is 1. The molecule has 1 heterocycles. The van der Waals surface area contributed by atoms with Gasteiger partial charge in [-0.2, -0.15) is 0 Å². The van der Waals surface area contributed by atoms with Crippen molar-refractivity contribution in [2.24, 2.45) is 0 Å². The highest BCUT2D eigenvalue weighted by Gasteiger charge is 2.27. The van der Waals surface area contributed by atoms with Gasteiger partial charge in [0.2, 0.25) is 0 Å². The van der Waals surface area contributed by atoms with Crippen LogP contribution in [0.4, 0.5) is 5.69 Å². The molecule has 120 valence electrons. The fourth-order valence-corrected chi connectivity index (χ4v) is 4.11. The number of nitrogens with zero attached hydrogens (tertiary/aromatic N) is 2. The van der Waals surface area contributed by atoms with E-state index in [9.17, 15) is 0 Å². The topological polar surface area (TPSA) is 6.48 Å². The molecule has 23 heavy (non-hydrogen) atoms. The quantitative estimate of drug-likeness (QED) is 0.822. The number of fused-ring (bicyclic) bond motifs is 1. The summed E-state index contributed by atoms with van der Waals surface area (Å²) in [6.45, 7) is 4.55. The van der Waals surface area contributed by atoms with Crippen molar-refractivity contribution < 1.29 is 0 Å². The number of hydrogen-bond acceptors (Lipinski definition) is 2. The smallest absolute Gasteiger partial charge is 0.0407 e. The second-order valence-corrected chi connectivity index (χ2v) is 7.10. The van der Waals surface area contributed by atoms with E-state index in [1.807, 2.05) is 12.1 Å². The molecule has 2 aliphatic rings. The standard InChI is InChI=1S/C20H23ClN2/c21-18-6-9-19(10-7-18)22-11-13-23(14-12-22)20-8-5-16-3-1-2-4-17(16)15-20/h1-4,6-7,9-10,20H,5,8,11-15H2/t20-/m1/s1. The average Bonchev–Trinajstić information content (AvgIpc) is 2.62. The molecule has 0 N–H and O–H groups in total. The highest BCUT2D eigenvalue weighted by molar-refractivity contribution is 6.30. The van der Waals surface area contributed by atoms with Gasteiger partial charge in [-0.1, -0.05) is 35.9 Å². The van der Waals surface area contributed by atoms with Gasteiger partial charge in [0.05, 0.1) is 0 Å². The van der Waals surface area contributed by atoms with Gasteiger partial charge in [-0.15, -0.1) is 0 Å². The largest absolute Gasteiger partial charge is 0.369 e. The van der Waals surface area contributed by atoms with Crippen LogP contribution in [0.15, 0.2) is 48.5 Å². The van der Waals surface area contributed by atoms with Gasteiger partial charge in [0.25, 0.3) is 0 Å². The molecule has 0 saturated carbocycles. The lowest BCUT2D eigenvalue weighted by atomic mass is 9.87. The Morgan fingerprint density at radius 2 is 1.52 bits per heavy atom. The maximum absolute atomic E-state index is 5.99. The van der Waals surface area contributed by atoms with E-state index in [1.54, 1.807) is 11.1 Å². The number of hydrogen-bond donors (Lipinski definition) is 0. The van der Waals surface area contributed by atoms with Crippen LogP contribution in [-0.2, 0) is 12.8 Å². The van der Waals surface area contributed by atoms with Crippen molar-refractivity contribution in [3.05, 3.63) is 64.7 Å². The van der Waals surface area contributed by atoms with E-state index < -0.39 is 0 Å². The summed E-state index contributed by atoms with van der Waals surface area (Å²) in [6, 6.07) is 17.9. The molecule has 2 aromatic rings. The van der Waals surface area contributed by atoms with Gasteiger partial charge in [0, 0.05) is 42.9 Å². The third-order valence-corrected chi connectivity index (χ3v) is 5.60. The Balaban J connectivity index is 1.38. The highest BCUT2D eigenvalue weighted by atomic mass is 35.5. The van der Waals surface area contributed by atoms with Crippen molar-refractivity contribution in [2.45, 2.75) is 25.3 Å². The summed E-state index contributed by atoms with van der Waals surface area (Å²) in [4.78, 5) is 5.17. The van der Waals surface area contributed by atoms with Gasteiger partial charge in [-0.25, -0.2) is 0 Å². The summed E-state index contributed by atoms with van der Waals surface area (Å²) in [7, 11) is 0. The summed E-state index contributed by atoms with van der Waals surface area (Å²) in [5, 5.41) is 0.813. The van der Waals surface area contributed by atoms with Crippen molar-refractivity contribution >= 4 is 17.3 Å². The molecule has 0 bridgehead atoms. The predicted octanol–water partition coefficient (Wildman–Crippen LogP) is 4.02. The van der Waals surface area contributed by atoms with Crippen LogP contribution in [0.3, 0.4) is 0 Å². The van der Waals surface area contributed by atoms with E-state index in [0.717, 1.165) is 37.2 Å². The lowest BCUT2D eigenvalue weighted by Gasteiger charge is -2.42. The number of rotatable bonds is 2. The van der Waals surface area contributed by atoms with Gasteiger partial charge < -0.3 is 4.90 Å². The lowest BCUT2D eigenvalue weighted by molar-refractivity contribution is 0.170. The van der Waals surface area contributed by atoms with Crippen LogP contribution in [0, 0.1) is 0 Å². The van der Waals surface area contributed by atoms with E-state index in [-0.39, 0.29) is 0 Å². The molecule has 2 aromatic carbocycles. The highest BCUT2D eigenvalue weighted by Crippen LogP contribution is 2.26. The zero-order valence-corrected chi connectivity index (χ0v) is 14.2. The maximum atomic E-state index is 5.99. The normalized spacial score (nSPS) is 22.0. The molecule has 0 spiro atoms. The molecule has 0 amide bonds. The van der Waals surface area contributed by atoms with Crippen LogP contribution in [0.1, 0.15) is 17.5 Å². The Labute approximate surface area is 143 Å². The number of halogens is 1. The first kappa shape index (κ1) is 15.0. The first-order valence-electron chi connectivity index (χ1n) is 8.61. The maximum Gasteiger partial charge on any atom is 0.0407 e. The fourth-order valence-electron chi connectivity index (χ4n) is 3.99. The molecule has 0 radical (unpaired) electrons. The van der Waals surface area contributed by atoms with Crippen LogP contribution in [0.25, 0.3) is 0 Å². The monoisotopic (exact) mass is 326 g/mol. The van der Waals surface area contributed by atoms with Crippen molar-refractivity contribution in [2.75, 3.05) is 31.1 Å². The van der Waals surface area contributed by atoms with Crippen LogP contribution >= 0.6 is 11.6 Å². The second kappa shape index (κ2) is 6.54. The molecular formula is C20H23ClN2. The summed E-state index contributed by atoms with van der Waals surface area (Å²) in [5.41, 5.74) is 4.41. The van der Waals surface area contributed by atoms with Crippen LogP contribution in [0.2, 0.25) is 5.02 Å². The fraction of sp³-hybridized carbons (Fsp3) is 0.400. The van der Waals surface area contributed by atoms with Crippen LogP contribution in [-0.4, -0.2) is 37.1 Å². The summed E-state index contributed by atoms with van der Waals surface area (Å²) >= 11 is 5.99. The first-order valence-corrected chi connectivity index (χ1v) is 8.99. The molecule has 0 unspecified atom stereocenters. The Kier molecular flexibility index (Phi) is 4.28. The van der Waals surface area contributed by atoms with E-state index in [4.69, 9.17) is 11.6 Å². The van der Waals surface area contributed by atoms with Crippen molar-refractivity contribution in [3.8, 4) is 0 Å². The molecule has 1 aliphatic heterocycles. The SMILES string of the molecule is Clc1ccc(N2CCN([C@@H]3CCc4ccccc4C3)CC2)cc1. The lowest BCUT2D eigenvalue weighted by Crippen LogP contribution is -2.51. The second-order valence-electron chi connectivity index (χ2n) is 6.66. The molecule has 3 heteroatoms. The minimum absolute atomic E-state index is 0.720. The van der Waals surface area contributed by atoms with Crippen molar-refractivity contribution in [3.63, 3.8) is 0 Å². The van der Waals surface area contributed by atoms with Gasteiger partial charge in [0.1, 0.15) is 0 Å². The summed E-state index contributed by atoms with van der Waals surface area (Å²) < 4.78 is 0. The van der Waals surface area contributed by atoms with Gasteiger partial charge in [-0.05, 0) is 54.7 Å². The minimum Gasteiger partial charge on any atom is -0.369 e. The summed E-state index contributed by atoms with van der Waals surface area (Å²) in [6.07, 6.45) is 3.76. The Hall–Kier alpha value is -1.51. The molecule has 4 rings (SSSR count).